The van der Waals surface area contributed by atoms with Gasteiger partial charge in [-0.3, -0.25) is 48.8 Å². The van der Waals surface area contributed by atoms with Crippen molar-refractivity contribution in [2.45, 2.75) is 75.4 Å². The van der Waals surface area contributed by atoms with Crippen LogP contribution in [0.5, 0.6) is 5.75 Å². The van der Waals surface area contributed by atoms with Gasteiger partial charge < -0.3 is 30.1 Å². The number of rotatable bonds is 10. The number of nitrogens with one attached hydrogen (secondary N) is 3. The molecule has 1 aliphatic carbocycles. The maximum absolute atomic E-state index is 15.7. The van der Waals surface area contributed by atoms with Crippen molar-refractivity contribution < 1.29 is 46.7 Å². The van der Waals surface area contributed by atoms with Crippen LogP contribution in [0, 0.1) is 5.82 Å². The molecule has 0 bridgehead atoms. The number of halogens is 3. The Bertz CT molecular complexity index is 2440. The normalized spacial score (nSPS) is 22.2. The molecule has 3 aromatic rings. The van der Waals surface area contributed by atoms with Gasteiger partial charge >= 0.3 is 5.92 Å². The smallest absolute Gasteiger partial charge is 0.342 e. The molecule has 2 aromatic carbocycles. The number of piperazine rings is 1. The summed E-state index contributed by atoms with van der Waals surface area (Å²) in [6, 6.07) is 6.05. The Hall–Kier alpha value is -6.35. The number of hydrogen-bond donors (Lipinski definition) is 3. The predicted octanol–water partition coefficient (Wildman–Crippen LogP) is 3.10. The third-order valence-electron chi connectivity index (χ3n) is 13.4. The van der Waals surface area contributed by atoms with Crippen molar-refractivity contribution in [2.75, 3.05) is 86.7 Å². The summed E-state index contributed by atoms with van der Waals surface area (Å²) in [6.07, 6.45) is 5.78. The van der Waals surface area contributed by atoms with Gasteiger partial charge in [0.2, 0.25) is 17.8 Å². The van der Waals surface area contributed by atoms with Gasteiger partial charge in [0.15, 0.2) is 5.82 Å². The maximum Gasteiger partial charge on any atom is 0.342 e. The highest BCUT2D eigenvalue weighted by atomic mass is 19.3. The third-order valence-corrected chi connectivity index (χ3v) is 13.4. The molecule has 0 radical (unpaired) electrons. The quantitative estimate of drug-likeness (QED) is 0.252. The van der Waals surface area contributed by atoms with E-state index in [-0.39, 0.29) is 70.5 Å². The summed E-state index contributed by atoms with van der Waals surface area (Å²) in [5.41, 5.74) is 1.19. The van der Waals surface area contributed by atoms with Crippen LogP contribution in [-0.4, -0.2) is 151 Å². The second-order valence-corrected chi connectivity index (χ2v) is 17.5. The molecule has 65 heavy (non-hydrogen) atoms. The Morgan fingerprint density at radius 1 is 0.923 bits per heavy atom. The molecule has 1 atom stereocenters. The zero-order valence-corrected chi connectivity index (χ0v) is 36.1. The number of benzene rings is 2. The van der Waals surface area contributed by atoms with Gasteiger partial charge in [-0.15, -0.1) is 0 Å². The summed E-state index contributed by atoms with van der Waals surface area (Å²) in [7, 11) is 2.63. The second kappa shape index (κ2) is 17.6. The zero-order chi connectivity index (χ0) is 45.7. The van der Waals surface area contributed by atoms with Crippen LogP contribution in [-0.2, 0) is 14.4 Å². The van der Waals surface area contributed by atoms with Crippen molar-refractivity contribution in [3.05, 3.63) is 59.0 Å². The van der Waals surface area contributed by atoms with Crippen LogP contribution in [0.1, 0.15) is 82.4 Å². The Kier molecular flexibility index (Phi) is 11.9. The van der Waals surface area contributed by atoms with E-state index in [4.69, 9.17) is 4.74 Å². The summed E-state index contributed by atoms with van der Waals surface area (Å²) >= 11 is 0. The van der Waals surface area contributed by atoms with Crippen LogP contribution < -0.4 is 35.4 Å². The molecular weight excluding hydrogens is 852 g/mol. The lowest BCUT2D eigenvalue weighted by Gasteiger charge is -2.40. The van der Waals surface area contributed by atoms with Crippen LogP contribution in [0.25, 0.3) is 0 Å². The Morgan fingerprint density at radius 2 is 1.65 bits per heavy atom. The van der Waals surface area contributed by atoms with E-state index >= 15 is 13.2 Å². The van der Waals surface area contributed by atoms with Gasteiger partial charge in [-0.2, -0.15) is 13.8 Å². The van der Waals surface area contributed by atoms with Gasteiger partial charge in [0.1, 0.15) is 23.3 Å². The monoisotopic (exact) mass is 901 g/mol. The Balaban J connectivity index is 0.784. The molecule has 1 saturated carbocycles. The molecule has 5 aliphatic heterocycles. The zero-order valence-electron chi connectivity index (χ0n) is 36.1. The van der Waals surface area contributed by atoms with Gasteiger partial charge in [0.25, 0.3) is 23.6 Å². The first-order chi connectivity index (χ1) is 31.2. The fourth-order valence-electron chi connectivity index (χ4n) is 9.87. The first-order valence-electron chi connectivity index (χ1n) is 22.0. The average Bonchev–Trinajstić information content (AvgIpc) is 3.91. The van der Waals surface area contributed by atoms with Crippen LogP contribution in [0.4, 0.5) is 42.0 Å². The number of carbonyl (C=O) groups excluding carboxylic acids is 6. The van der Waals surface area contributed by atoms with E-state index < -0.39 is 59.8 Å². The van der Waals surface area contributed by atoms with Crippen molar-refractivity contribution >= 4 is 64.3 Å². The number of aromatic nitrogens is 2. The molecule has 344 valence electrons. The summed E-state index contributed by atoms with van der Waals surface area (Å²) in [4.78, 5) is 96.2. The lowest BCUT2D eigenvalue weighted by atomic mass is 10.0. The van der Waals surface area contributed by atoms with E-state index in [0.29, 0.717) is 77.3 Å². The summed E-state index contributed by atoms with van der Waals surface area (Å²) in [5, 5.41) is 8.12. The first kappa shape index (κ1) is 43.9. The molecule has 6 heterocycles. The molecule has 21 heteroatoms. The molecule has 6 aliphatic rings. The molecule has 1 aromatic heterocycles. The van der Waals surface area contributed by atoms with Crippen LogP contribution in [0.15, 0.2) is 36.5 Å². The highest BCUT2D eigenvalue weighted by Gasteiger charge is 2.49. The van der Waals surface area contributed by atoms with E-state index in [1.54, 1.807) is 12.1 Å². The van der Waals surface area contributed by atoms with Crippen LogP contribution in [0.2, 0.25) is 0 Å². The predicted molar refractivity (Wildman–Crippen MR) is 230 cm³/mol. The number of ether oxygens (including phenoxy) is 1. The van der Waals surface area contributed by atoms with Crippen molar-refractivity contribution in [1.82, 2.24) is 35.3 Å². The number of carbonyl (C=O) groups is 6. The van der Waals surface area contributed by atoms with Crippen LogP contribution >= 0.6 is 0 Å². The average molecular weight is 902 g/mol. The van der Waals surface area contributed by atoms with Gasteiger partial charge in [0, 0.05) is 70.9 Å². The number of hydrogen-bond acceptors (Lipinski definition) is 14. The number of alkyl halides is 2. The fourth-order valence-corrected chi connectivity index (χ4v) is 9.87. The number of likely N-dealkylation sites (tertiary alicyclic amines) is 1. The standard InChI is InChI=1S/C44H50F3N11O7/c1-53-33-22-48-43(52-37(33)57(26-6-3-4-7-26)23-44(46,47)42(53)64)50-30-21-29(45)28(20-34(30)65-2)38(60)49-25-12-14-54(15-13-25)24-55-16-18-56(19-17-55)31-9-5-8-27-36(31)41(63)58(40(27)62)32-10-11-35(59)51-39(32)61/h5,8-9,20-22,25-26,32H,3-4,6-7,10-19,23-24H2,1-2H3,(H,49,60)(H,48,50,52)(H,51,59,61). The topological polar surface area (TPSA) is 193 Å². The number of nitrogens with zero attached hydrogens (tertiary/aromatic N) is 8. The molecule has 4 fully saturated rings. The maximum atomic E-state index is 15.7. The van der Waals surface area contributed by atoms with Crippen molar-refractivity contribution in [2.24, 2.45) is 0 Å². The van der Waals surface area contributed by atoms with Gasteiger partial charge in [-0.25, -0.2) is 9.37 Å². The van der Waals surface area contributed by atoms with Gasteiger partial charge in [-0.1, -0.05) is 18.9 Å². The molecule has 18 nitrogen and oxygen atoms in total. The lowest BCUT2D eigenvalue weighted by Crippen LogP contribution is -2.54. The number of anilines is 5. The highest BCUT2D eigenvalue weighted by molar-refractivity contribution is 6.25. The van der Waals surface area contributed by atoms with Crippen molar-refractivity contribution in [1.29, 1.82) is 0 Å². The molecule has 6 amide bonds. The minimum Gasteiger partial charge on any atom is -0.495 e. The number of amides is 6. The second-order valence-electron chi connectivity index (χ2n) is 17.5. The molecule has 1 unspecified atom stereocenters. The molecule has 3 N–H and O–H groups in total. The highest BCUT2D eigenvalue weighted by Crippen LogP contribution is 2.41. The lowest BCUT2D eigenvalue weighted by molar-refractivity contribution is -0.140. The summed E-state index contributed by atoms with van der Waals surface area (Å²) < 4.78 is 51.4. The summed E-state index contributed by atoms with van der Waals surface area (Å²) in [6.45, 7) is 3.85. The van der Waals surface area contributed by atoms with E-state index in [2.05, 4.69) is 40.6 Å². The number of imide groups is 2. The van der Waals surface area contributed by atoms with Crippen molar-refractivity contribution in [3.63, 3.8) is 0 Å². The first-order valence-corrected chi connectivity index (χ1v) is 22.0. The summed E-state index contributed by atoms with van der Waals surface area (Å²) in [5.74, 6) is -8.30. The number of piperidine rings is 2. The van der Waals surface area contributed by atoms with Gasteiger partial charge in [0.05, 0.1) is 54.6 Å². The van der Waals surface area contributed by atoms with Gasteiger partial charge in [-0.05, 0) is 50.3 Å². The van der Waals surface area contributed by atoms with E-state index in [1.165, 1.54) is 31.3 Å². The molecule has 3 saturated heterocycles. The number of fused-ring (bicyclic) bond motifs is 2. The largest absolute Gasteiger partial charge is 0.495 e. The van der Waals surface area contributed by atoms with E-state index in [1.807, 2.05) is 6.07 Å². The Morgan fingerprint density at radius 3 is 2.35 bits per heavy atom. The molecule has 0 spiro atoms. The molecular formula is C44H50F3N11O7. The Labute approximate surface area is 372 Å². The van der Waals surface area contributed by atoms with E-state index in [0.717, 1.165) is 28.7 Å². The SMILES string of the molecule is COc1cc(C(=O)NC2CCN(CN3CCN(c4cccc5c4C(=O)N(C4CCC(=O)NC4=O)C5=O)CC3)CC2)c(F)cc1Nc1ncc2c(n1)N(C1CCCC1)CC(F)(F)C(=O)N2C. The fraction of sp³-hybridized carbons (Fsp3) is 0.500. The van der Waals surface area contributed by atoms with Crippen LogP contribution in [0.3, 0.4) is 0 Å². The third kappa shape index (κ3) is 8.42. The van der Waals surface area contributed by atoms with Crippen molar-refractivity contribution in [3.8, 4) is 5.75 Å². The minimum absolute atomic E-state index is 0.0324. The molecule has 9 rings (SSSR count). The van der Waals surface area contributed by atoms with E-state index in [9.17, 15) is 28.8 Å². The number of methoxy groups -OCH3 is 1. The minimum atomic E-state index is -3.64.